The van der Waals surface area contributed by atoms with Gasteiger partial charge in [-0.2, -0.15) is 0 Å². The van der Waals surface area contributed by atoms with Gasteiger partial charge in [0.1, 0.15) is 0 Å². The van der Waals surface area contributed by atoms with Crippen molar-refractivity contribution < 1.29 is 6.48 Å². The zero-order chi connectivity index (χ0) is 6.08. The maximum atomic E-state index is 8.56. The minimum atomic E-state index is -0.951. The van der Waals surface area contributed by atoms with E-state index >= 15 is 0 Å². The quantitative estimate of drug-likeness (QED) is 0.470. The van der Waals surface area contributed by atoms with Gasteiger partial charge in [0.2, 0.25) is 0 Å². The Labute approximate surface area is 40.4 Å². The zero-order valence-corrected chi connectivity index (χ0v) is 4.52. The van der Waals surface area contributed by atoms with Crippen molar-refractivity contribution >= 4 is 0 Å². The van der Waals surface area contributed by atoms with Gasteiger partial charge in [-0.3, -0.25) is 0 Å². The van der Waals surface area contributed by atoms with Crippen molar-refractivity contribution in [2.24, 2.45) is 5.41 Å². The number of aliphatic hydroxyl groups is 1. The molecule has 1 nitrogen and oxygen atoms in total. The lowest BCUT2D eigenvalue weighted by atomic mass is 9.99. The molecule has 0 aliphatic heterocycles. The molecule has 0 spiro atoms. The summed E-state index contributed by atoms with van der Waals surface area (Å²) in [6, 6.07) is 0. The van der Waals surface area contributed by atoms with Crippen molar-refractivity contribution in [3.8, 4) is 0 Å². The molecular formula is C5H12O. The highest BCUT2D eigenvalue weighted by Crippen LogP contribution is 2.09. The number of aliphatic hydroxyl groups excluding tert-OH is 1. The highest BCUT2D eigenvalue weighted by molar-refractivity contribution is 4.55. The number of hydrogen-bond donors (Lipinski definition) is 1. The van der Waals surface area contributed by atoms with Crippen molar-refractivity contribution in [1.29, 1.82) is 0 Å². The first-order chi connectivity index (χ1) is 2.94. The van der Waals surface area contributed by atoms with Crippen LogP contribution in [0.15, 0.2) is 0 Å². The normalized spacial score (nSPS) is 19.7. The van der Waals surface area contributed by atoms with Crippen LogP contribution in [0.3, 0.4) is 0 Å². The van der Waals surface area contributed by atoms with Gasteiger partial charge in [0.15, 0.2) is 0 Å². The Hall–Kier alpha value is -0.0400. The van der Waals surface area contributed by atoms with Gasteiger partial charge in [-0.05, 0) is 5.41 Å². The molecule has 6 heavy (non-hydrogen) atoms. The third-order valence-electron chi connectivity index (χ3n) is 0.387. The molecule has 0 rings (SSSR count). The molecule has 0 aliphatic rings. The molecular weight excluding hydrogens is 76.1 g/mol. The first-order valence-electron chi connectivity index (χ1n) is 2.62. The Morgan fingerprint density at radius 2 is 1.83 bits per heavy atom. The van der Waals surface area contributed by atoms with Gasteiger partial charge >= 0.3 is 0 Å². The molecule has 1 atom stereocenters. The van der Waals surface area contributed by atoms with E-state index in [2.05, 4.69) is 0 Å². The van der Waals surface area contributed by atoms with Gasteiger partial charge in [-0.15, -0.1) is 0 Å². The van der Waals surface area contributed by atoms with Crippen LogP contribution in [-0.2, 0) is 0 Å². The topological polar surface area (TPSA) is 20.2 Å². The van der Waals surface area contributed by atoms with Crippen LogP contribution in [0.25, 0.3) is 0 Å². The molecule has 0 unspecified atom stereocenters. The van der Waals surface area contributed by atoms with Gasteiger partial charge in [0.25, 0.3) is 0 Å². The van der Waals surface area contributed by atoms with Crippen LogP contribution in [-0.4, -0.2) is 11.7 Å². The van der Waals surface area contributed by atoms with E-state index < -0.39 is 6.58 Å². The first kappa shape index (κ1) is 4.13. The lowest BCUT2D eigenvalue weighted by Crippen LogP contribution is -2.09. The van der Waals surface area contributed by atoms with Gasteiger partial charge in [-0.25, -0.2) is 0 Å². The smallest absolute Gasteiger partial charge is 0.0569 e. The predicted molar refractivity (Wildman–Crippen MR) is 26.5 cm³/mol. The minimum absolute atomic E-state index is 0.278. The summed E-state index contributed by atoms with van der Waals surface area (Å²) in [5.74, 6) is 0. The monoisotopic (exact) mass is 89.1 g/mol. The summed E-state index contributed by atoms with van der Waals surface area (Å²) in [5, 5.41) is 8.56. The molecule has 0 aliphatic carbocycles. The molecule has 0 radical (unpaired) electrons. The number of hydrogen-bond acceptors (Lipinski definition) is 1. The summed E-state index contributed by atoms with van der Waals surface area (Å²) in [5.41, 5.74) is -0.278. The Morgan fingerprint density at radius 1 is 1.67 bits per heavy atom. The summed E-state index contributed by atoms with van der Waals surface area (Å²) < 4.78 is 6.78. The molecule has 0 bridgehead atoms. The number of rotatable bonds is 0. The third kappa shape index (κ3) is 3.96. The van der Waals surface area contributed by atoms with Crippen LogP contribution in [0, 0.1) is 5.41 Å². The van der Waals surface area contributed by atoms with Crippen LogP contribution in [0.1, 0.15) is 22.1 Å². The van der Waals surface area contributed by atoms with Crippen molar-refractivity contribution in [3.63, 3.8) is 0 Å². The molecule has 38 valence electrons. The Kier molecular flexibility index (Phi) is 1.10. The van der Waals surface area contributed by atoms with Crippen LogP contribution in [0.5, 0.6) is 0 Å². The predicted octanol–water partition coefficient (Wildman–Crippen LogP) is 1.02. The second-order valence-corrected chi connectivity index (χ2v) is 2.50. The van der Waals surface area contributed by atoms with Crippen LogP contribution in [0.4, 0.5) is 0 Å². The second-order valence-electron chi connectivity index (χ2n) is 2.50. The van der Waals surface area contributed by atoms with E-state index in [-0.39, 0.29) is 5.41 Å². The van der Waals surface area contributed by atoms with Crippen molar-refractivity contribution in [2.45, 2.75) is 20.8 Å². The summed E-state index contributed by atoms with van der Waals surface area (Å²) >= 11 is 0. The van der Waals surface area contributed by atoms with Gasteiger partial charge in [0.05, 0.1) is 1.37 Å². The molecule has 0 fully saturated rings. The first-order valence-corrected chi connectivity index (χ1v) is 2.05. The highest BCUT2D eigenvalue weighted by Gasteiger charge is 2.05. The average molecular weight is 89.2 g/mol. The zero-order valence-electron chi connectivity index (χ0n) is 5.52. The lowest BCUT2D eigenvalue weighted by Gasteiger charge is -2.11. The van der Waals surface area contributed by atoms with E-state index in [9.17, 15) is 0 Å². The molecule has 0 saturated heterocycles. The minimum Gasteiger partial charge on any atom is -0.396 e. The molecule has 1 N–H and O–H groups in total. The van der Waals surface area contributed by atoms with Crippen LogP contribution in [0.2, 0.25) is 0 Å². The maximum absolute atomic E-state index is 8.56. The van der Waals surface area contributed by atoms with E-state index in [0.29, 0.717) is 0 Å². The Balaban J connectivity index is 3.54. The van der Waals surface area contributed by atoms with Crippen molar-refractivity contribution in [2.75, 3.05) is 6.58 Å². The highest BCUT2D eigenvalue weighted by atomic mass is 16.3. The summed E-state index contributed by atoms with van der Waals surface area (Å²) in [7, 11) is 0. The van der Waals surface area contributed by atoms with E-state index in [1.54, 1.807) is 0 Å². The van der Waals surface area contributed by atoms with E-state index in [0.717, 1.165) is 0 Å². The SMILES string of the molecule is [2H][C@H](O)C(C)(C)C. The second kappa shape index (κ2) is 1.61. The summed E-state index contributed by atoms with van der Waals surface area (Å²) in [6.07, 6.45) is 0. The van der Waals surface area contributed by atoms with E-state index in [4.69, 9.17) is 6.48 Å². The molecule has 0 amide bonds. The molecule has 0 aromatic heterocycles. The fraction of sp³-hybridized carbons (Fsp3) is 1.00. The maximum Gasteiger partial charge on any atom is 0.0569 e. The molecule has 0 aromatic rings. The third-order valence-corrected chi connectivity index (χ3v) is 0.387. The summed E-state index contributed by atoms with van der Waals surface area (Å²) in [4.78, 5) is 0. The van der Waals surface area contributed by atoms with Crippen LogP contribution < -0.4 is 0 Å². The molecule has 0 heterocycles. The lowest BCUT2D eigenvalue weighted by molar-refractivity contribution is 0.177. The standard InChI is InChI=1S/C5H12O/c1-5(2,3)4-6/h6H,4H2,1-3H3/i4D/t4-/m0/s1. The van der Waals surface area contributed by atoms with Crippen LogP contribution >= 0.6 is 0 Å². The van der Waals surface area contributed by atoms with E-state index in [1.165, 1.54) is 0 Å². The van der Waals surface area contributed by atoms with Gasteiger partial charge in [-0.1, -0.05) is 20.8 Å². The molecule has 0 saturated carbocycles. The Morgan fingerprint density at radius 3 is 1.83 bits per heavy atom. The summed E-state index contributed by atoms with van der Waals surface area (Å²) in [6.45, 7) is 4.52. The molecule has 0 aromatic carbocycles. The Bertz CT molecular complexity index is 53.6. The van der Waals surface area contributed by atoms with Crippen molar-refractivity contribution in [1.82, 2.24) is 0 Å². The average Bonchev–Trinajstić information content (AvgIpc) is 1.31. The van der Waals surface area contributed by atoms with Gasteiger partial charge in [0, 0.05) is 6.58 Å². The molecule has 1 heteroatoms. The fourth-order valence-electron chi connectivity index (χ4n) is 0. The van der Waals surface area contributed by atoms with E-state index in [1.807, 2.05) is 20.8 Å². The van der Waals surface area contributed by atoms with Gasteiger partial charge < -0.3 is 5.11 Å². The fourth-order valence-corrected chi connectivity index (χ4v) is 0. The largest absolute Gasteiger partial charge is 0.396 e. The van der Waals surface area contributed by atoms with Crippen molar-refractivity contribution in [3.05, 3.63) is 0 Å².